The van der Waals surface area contributed by atoms with Crippen LogP contribution in [0.5, 0.6) is 0 Å². The van der Waals surface area contributed by atoms with Gasteiger partial charge >= 0.3 is 6.09 Å². The lowest BCUT2D eigenvalue weighted by molar-refractivity contribution is -0.126. The molecule has 3 heterocycles. The van der Waals surface area contributed by atoms with Crippen LogP contribution in [-0.4, -0.2) is 79.1 Å². The van der Waals surface area contributed by atoms with Crippen LogP contribution in [0.25, 0.3) is 0 Å². The van der Waals surface area contributed by atoms with Crippen LogP contribution in [-0.2, 0) is 20.7 Å². The third-order valence-electron chi connectivity index (χ3n) is 7.70. The van der Waals surface area contributed by atoms with Crippen LogP contribution in [0.2, 0.25) is 0 Å². The number of hydrogen-bond donors (Lipinski definition) is 2. The second-order valence-electron chi connectivity index (χ2n) is 10.4. The Labute approximate surface area is 213 Å². The average Bonchev–Trinajstić information content (AvgIpc) is 3.50. The molecule has 2 N–H and O–H groups in total. The van der Waals surface area contributed by atoms with E-state index in [2.05, 4.69) is 40.8 Å². The number of nitrogens with zero attached hydrogens (tertiary/aromatic N) is 3. The normalized spacial score (nSPS) is 25.7. The lowest BCUT2D eigenvalue weighted by atomic mass is 9.96. The minimum atomic E-state index is -0.776. The number of nitrogens with one attached hydrogen (secondary N) is 2. The predicted molar refractivity (Wildman–Crippen MR) is 134 cm³/mol. The highest BCUT2D eigenvalue weighted by Gasteiger charge is 2.42. The van der Waals surface area contributed by atoms with Crippen molar-refractivity contribution in [3.63, 3.8) is 0 Å². The molecular weight excluding hydrogens is 458 g/mol. The van der Waals surface area contributed by atoms with Gasteiger partial charge in [0.05, 0.1) is 6.07 Å². The standard InChI is InChI=1S/C27H37N5O4/c1-31-13-10-23(11-14-31)36-27(35)32-18-20(8-7-19-5-3-2-4-6-19)15-24(32)26(34)30-22(17-28)16-21-9-12-29-25(21)33/h2-6,20-24H,7-16,18H2,1H3,(H,29,33)(H,30,34)/t20-,21+,22+,24?/m1/s1. The van der Waals surface area contributed by atoms with Gasteiger partial charge in [0.15, 0.2) is 0 Å². The van der Waals surface area contributed by atoms with Crippen LogP contribution in [0.15, 0.2) is 30.3 Å². The van der Waals surface area contributed by atoms with Gasteiger partial charge in [0.25, 0.3) is 0 Å². The number of benzene rings is 1. The molecule has 4 atom stereocenters. The summed E-state index contributed by atoms with van der Waals surface area (Å²) >= 11 is 0. The summed E-state index contributed by atoms with van der Waals surface area (Å²) in [6.45, 7) is 2.80. The van der Waals surface area contributed by atoms with Gasteiger partial charge in [0.1, 0.15) is 18.2 Å². The van der Waals surface area contributed by atoms with Gasteiger partial charge in [-0.1, -0.05) is 30.3 Å². The zero-order valence-corrected chi connectivity index (χ0v) is 21.0. The van der Waals surface area contributed by atoms with Crippen molar-refractivity contribution in [2.45, 2.75) is 63.1 Å². The van der Waals surface area contributed by atoms with Gasteiger partial charge in [0.2, 0.25) is 11.8 Å². The van der Waals surface area contributed by atoms with Gasteiger partial charge in [-0.25, -0.2) is 4.79 Å². The van der Waals surface area contributed by atoms with Crippen molar-refractivity contribution >= 4 is 17.9 Å². The lowest BCUT2D eigenvalue weighted by Crippen LogP contribution is -2.50. The number of hydrogen-bond acceptors (Lipinski definition) is 6. The molecule has 4 rings (SSSR count). The van der Waals surface area contributed by atoms with Gasteiger partial charge in [-0.15, -0.1) is 0 Å². The quantitative estimate of drug-likeness (QED) is 0.571. The molecule has 0 bridgehead atoms. The van der Waals surface area contributed by atoms with Gasteiger partial charge in [-0.3, -0.25) is 14.5 Å². The van der Waals surface area contributed by atoms with Crippen LogP contribution < -0.4 is 10.6 Å². The largest absolute Gasteiger partial charge is 0.446 e. The van der Waals surface area contributed by atoms with Crippen molar-refractivity contribution in [1.82, 2.24) is 20.4 Å². The summed E-state index contributed by atoms with van der Waals surface area (Å²) in [5, 5.41) is 15.2. The number of aryl methyl sites for hydroxylation is 1. The Kier molecular flexibility index (Phi) is 8.81. The van der Waals surface area contributed by atoms with E-state index < -0.39 is 18.2 Å². The van der Waals surface area contributed by atoms with Crippen LogP contribution in [0.1, 0.15) is 44.1 Å². The lowest BCUT2D eigenvalue weighted by Gasteiger charge is -2.31. The Morgan fingerprint density at radius 3 is 2.64 bits per heavy atom. The summed E-state index contributed by atoms with van der Waals surface area (Å²) in [6, 6.07) is 10.8. The summed E-state index contributed by atoms with van der Waals surface area (Å²) in [7, 11) is 2.05. The molecule has 1 aromatic carbocycles. The first-order valence-corrected chi connectivity index (χ1v) is 13.1. The van der Waals surface area contributed by atoms with Gasteiger partial charge in [-0.05, 0) is 63.5 Å². The molecule has 3 saturated heterocycles. The minimum Gasteiger partial charge on any atom is -0.446 e. The molecule has 36 heavy (non-hydrogen) atoms. The minimum absolute atomic E-state index is 0.0744. The molecule has 9 heteroatoms. The Hall–Kier alpha value is -3.12. The molecule has 0 saturated carbocycles. The number of amides is 3. The van der Waals surface area contributed by atoms with E-state index in [9.17, 15) is 19.6 Å². The second kappa shape index (κ2) is 12.2. The number of piperidine rings is 1. The first-order chi connectivity index (χ1) is 17.4. The zero-order valence-electron chi connectivity index (χ0n) is 21.0. The third-order valence-corrected chi connectivity index (χ3v) is 7.70. The molecule has 1 unspecified atom stereocenters. The van der Waals surface area contributed by atoms with Crippen molar-refractivity contribution < 1.29 is 19.1 Å². The van der Waals surface area contributed by atoms with E-state index in [1.807, 2.05) is 18.2 Å². The van der Waals surface area contributed by atoms with Crippen molar-refractivity contribution in [2.24, 2.45) is 11.8 Å². The molecule has 3 aliphatic heterocycles. The summed E-state index contributed by atoms with van der Waals surface area (Å²) < 4.78 is 5.83. The Morgan fingerprint density at radius 1 is 1.22 bits per heavy atom. The number of nitriles is 1. The highest BCUT2D eigenvalue weighted by Crippen LogP contribution is 2.29. The summed E-state index contributed by atoms with van der Waals surface area (Å²) in [4.78, 5) is 42.2. The van der Waals surface area contributed by atoms with E-state index in [0.29, 0.717) is 25.9 Å². The molecule has 9 nitrogen and oxygen atoms in total. The van der Waals surface area contributed by atoms with Crippen LogP contribution in [0.4, 0.5) is 4.79 Å². The Morgan fingerprint density at radius 2 is 1.97 bits per heavy atom. The van der Waals surface area contributed by atoms with Gasteiger partial charge in [0, 0.05) is 32.1 Å². The van der Waals surface area contributed by atoms with Crippen LogP contribution in [0.3, 0.4) is 0 Å². The first-order valence-electron chi connectivity index (χ1n) is 13.1. The monoisotopic (exact) mass is 495 g/mol. The van der Waals surface area contributed by atoms with E-state index >= 15 is 0 Å². The van der Waals surface area contributed by atoms with Crippen molar-refractivity contribution in [2.75, 3.05) is 33.2 Å². The number of ether oxygens (including phenoxy) is 1. The van der Waals surface area contributed by atoms with Gasteiger partial charge in [-0.2, -0.15) is 5.26 Å². The number of carbonyl (C=O) groups is 3. The predicted octanol–water partition coefficient (Wildman–Crippen LogP) is 2.08. The highest BCUT2D eigenvalue weighted by molar-refractivity contribution is 5.87. The number of likely N-dealkylation sites (tertiary alicyclic amines) is 2. The number of rotatable bonds is 8. The molecule has 3 aliphatic rings. The average molecular weight is 496 g/mol. The molecule has 0 aromatic heterocycles. The molecule has 1 aromatic rings. The van der Waals surface area contributed by atoms with E-state index in [0.717, 1.165) is 38.8 Å². The number of carbonyl (C=O) groups excluding carboxylic acids is 3. The fraction of sp³-hybridized carbons (Fsp3) is 0.630. The van der Waals surface area contributed by atoms with E-state index in [-0.39, 0.29) is 36.2 Å². The maximum Gasteiger partial charge on any atom is 0.410 e. The van der Waals surface area contributed by atoms with Crippen molar-refractivity contribution in [3.05, 3.63) is 35.9 Å². The molecule has 3 fully saturated rings. The fourth-order valence-corrected chi connectivity index (χ4v) is 5.48. The highest BCUT2D eigenvalue weighted by atomic mass is 16.6. The summed E-state index contributed by atoms with van der Waals surface area (Å²) in [5.74, 6) is -0.535. The SMILES string of the molecule is CN1CCC(OC(=O)N2C[C@H](CCc3ccccc3)CC2C(=O)N[C@H](C#N)C[C@@H]2CCNC2=O)CC1. The molecule has 0 radical (unpaired) electrons. The maximum absolute atomic E-state index is 13.3. The smallest absolute Gasteiger partial charge is 0.410 e. The topological polar surface area (TPSA) is 115 Å². The Balaban J connectivity index is 1.40. The second-order valence-corrected chi connectivity index (χ2v) is 10.4. The molecule has 0 aliphatic carbocycles. The van der Waals surface area contributed by atoms with E-state index in [1.165, 1.54) is 5.56 Å². The summed E-state index contributed by atoms with van der Waals surface area (Å²) in [6.07, 6.45) is 4.16. The molecule has 3 amide bonds. The zero-order chi connectivity index (χ0) is 25.5. The molecular formula is C27H37N5O4. The maximum atomic E-state index is 13.3. The van der Waals surface area contributed by atoms with Gasteiger partial charge < -0.3 is 20.3 Å². The Bertz CT molecular complexity index is 957. The first kappa shape index (κ1) is 26.0. The van der Waals surface area contributed by atoms with E-state index in [4.69, 9.17) is 4.74 Å². The van der Waals surface area contributed by atoms with E-state index in [1.54, 1.807) is 4.90 Å². The fourth-order valence-electron chi connectivity index (χ4n) is 5.48. The van der Waals surface area contributed by atoms with Crippen molar-refractivity contribution in [3.8, 4) is 6.07 Å². The summed E-state index contributed by atoms with van der Waals surface area (Å²) in [5.41, 5.74) is 1.23. The van der Waals surface area contributed by atoms with Crippen LogP contribution >= 0.6 is 0 Å². The third kappa shape index (κ3) is 6.76. The molecule has 194 valence electrons. The molecule has 0 spiro atoms. The van der Waals surface area contributed by atoms with Crippen LogP contribution in [0, 0.1) is 23.2 Å². The van der Waals surface area contributed by atoms with Crippen molar-refractivity contribution in [1.29, 1.82) is 5.26 Å².